The van der Waals surface area contributed by atoms with Crippen LogP contribution in [0.3, 0.4) is 0 Å². The SMILES string of the molecule is COc1ccc2nc(N3CC(C(N)=O)CC3=O)sc2n1. The van der Waals surface area contributed by atoms with E-state index in [-0.39, 0.29) is 18.9 Å². The van der Waals surface area contributed by atoms with Gasteiger partial charge in [-0.05, 0) is 6.07 Å². The maximum Gasteiger partial charge on any atom is 0.229 e. The van der Waals surface area contributed by atoms with E-state index in [0.29, 0.717) is 21.4 Å². The van der Waals surface area contributed by atoms with Crippen LogP contribution in [-0.2, 0) is 9.59 Å². The molecule has 7 nitrogen and oxygen atoms in total. The standard InChI is InChI=1S/C12H12N4O3S/c1-19-8-3-2-7-11(15-8)20-12(14-7)16-5-6(10(13)18)4-9(16)17/h2-3,6H,4-5H2,1H3,(H2,13,18). The maximum atomic E-state index is 11.9. The second-order valence-corrected chi connectivity index (χ2v) is 5.44. The Morgan fingerprint density at radius 1 is 1.50 bits per heavy atom. The summed E-state index contributed by atoms with van der Waals surface area (Å²) in [6, 6.07) is 3.50. The summed E-state index contributed by atoms with van der Waals surface area (Å²) >= 11 is 1.29. The molecule has 2 N–H and O–H groups in total. The number of rotatable bonds is 3. The zero-order valence-corrected chi connectivity index (χ0v) is 11.5. The third kappa shape index (κ3) is 2.07. The van der Waals surface area contributed by atoms with Crippen LogP contribution < -0.4 is 15.4 Å². The minimum atomic E-state index is -0.457. The highest BCUT2D eigenvalue weighted by atomic mass is 32.1. The molecule has 104 valence electrons. The van der Waals surface area contributed by atoms with Crippen LogP contribution in [0, 0.1) is 5.92 Å². The molecule has 2 aromatic heterocycles. The number of thiazole rings is 1. The van der Waals surface area contributed by atoms with Gasteiger partial charge in [-0.25, -0.2) is 9.97 Å². The first-order chi connectivity index (χ1) is 9.58. The lowest BCUT2D eigenvalue weighted by atomic mass is 10.1. The minimum absolute atomic E-state index is 0.139. The molecule has 1 aliphatic rings. The third-order valence-corrected chi connectivity index (χ3v) is 4.17. The zero-order chi connectivity index (χ0) is 14.3. The largest absolute Gasteiger partial charge is 0.481 e. The van der Waals surface area contributed by atoms with Crippen LogP contribution in [0.2, 0.25) is 0 Å². The number of primary amides is 1. The molecule has 8 heteroatoms. The van der Waals surface area contributed by atoms with Gasteiger partial charge in [-0.15, -0.1) is 0 Å². The Kier molecular flexibility index (Phi) is 3.01. The van der Waals surface area contributed by atoms with Crippen molar-refractivity contribution in [1.29, 1.82) is 0 Å². The number of methoxy groups -OCH3 is 1. The highest BCUT2D eigenvalue weighted by molar-refractivity contribution is 7.22. The summed E-state index contributed by atoms with van der Waals surface area (Å²) in [7, 11) is 1.54. The summed E-state index contributed by atoms with van der Waals surface area (Å²) in [5, 5.41) is 0.537. The molecule has 0 aromatic carbocycles. The van der Waals surface area contributed by atoms with E-state index in [0.717, 1.165) is 0 Å². The Balaban J connectivity index is 1.94. The molecule has 0 aliphatic carbocycles. The summed E-state index contributed by atoms with van der Waals surface area (Å²) in [4.78, 5) is 33.9. The second-order valence-electron chi connectivity index (χ2n) is 4.48. The van der Waals surface area contributed by atoms with Gasteiger partial charge in [-0.3, -0.25) is 14.5 Å². The molecule has 1 fully saturated rings. The van der Waals surface area contributed by atoms with E-state index in [4.69, 9.17) is 10.5 Å². The summed E-state index contributed by atoms with van der Waals surface area (Å²) in [6.07, 6.45) is 0.141. The average molecular weight is 292 g/mol. The van der Waals surface area contributed by atoms with Gasteiger partial charge in [-0.1, -0.05) is 11.3 Å². The second kappa shape index (κ2) is 4.71. The lowest BCUT2D eigenvalue weighted by Gasteiger charge is -2.11. The molecule has 2 amide bonds. The fourth-order valence-electron chi connectivity index (χ4n) is 2.10. The number of hydrogen-bond donors (Lipinski definition) is 1. The van der Waals surface area contributed by atoms with Crippen molar-refractivity contribution >= 4 is 38.6 Å². The zero-order valence-electron chi connectivity index (χ0n) is 10.7. The van der Waals surface area contributed by atoms with Crippen LogP contribution in [0.4, 0.5) is 5.13 Å². The molecule has 1 aliphatic heterocycles. The molecule has 3 heterocycles. The van der Waals surface area contributed by atoms with Crippen LogP contribution in [0.25, 0.3) is 10.3 Å². The Bertz CT molecular complexity index is 699. The minimum Gasteiger partial charge on any atom is -0.481 e. The number of pyridine rings is 1. The third-order valence-electron chi connectivity index (χ3n) is 3.19. The molecule has 2 aromatic rings. The first kappa shape index (κ1) is 12.8. The van der Waals surface area contributed by atoms with Gasteiger partial charge in [0.15, 0.2) is 5.13 Å². The van der Waals surface area contributed by atoms with Crippen molar-refractivity contribution in [2.75, 3.05) is 18.6 Å². The van der Waals surface area contributed by atoms with Crippen molar-refractivity contribution in [3.63, 3.8) is 0 Å². The van der Waals surface area contributed by atoms with Gasteiger partial charge in [0.2, 0.25) is 17.7 Å². The molecule has 20 heavy (non-hydrogen) atoms. The predicted molar refractivity (Wildman–Crippen MR) is 73.6 cm³/mol. The Morgan fingerprint density at radius 3 is 2.95 bits per heavy atom. The highest BCUT2D eigenvalue weighted by Crippen LogP contribution is 2.32. The van der Waals surface area contributed by atoms with E-state index in [2.05, 4.69) is 9.97 Å². The number of amides is 2. The normalized spacial score (nSPS) is 18.8. The molecule has 0 bridgehead atoms. The molecular formula is C12H12N4O3S. The number of aromatic nitrogens is 2. The maximum absolute atomic E-state index is 11.9. The number of fused-ring (bicyclic) bond motifs is 1. The molecule has 1 atom stereocenters. The van der Waals surface area contributed by atoms with Crippen LogP contribution >= 0.6 is 11.3 Å². The number of carbonyl (C=O) groups is 2. The fraction of sp³-hybridized carbons (Fsp3) is 0.333. The lowest BCUT2D eigenvalue weighted by molar-refractivity contribution is -0.123. The van der Waals surface area contributed by atoms with E-state index >= 15 is 0 Å². The van der Waals surface area contributed by atoms with Crippen molar-refractivity contribution in [2.45, 2.75) is 6.42 Å². The van der Waals surface area contributed by atoms with Crippen molar-refractivity contribution in [3.8, 4) is 5.88 Å². The van der Waals surface area contributed by atoms with E-state index in [1.807, 2.05) is 0 Å². The van der Waals surface area contributed by atoms with Crippen molar-refractivity contribution < 1.29 is 14.3 Å². The molecule has 0 spiro atoms. The quantitative estimate of drug-likeness (QED) is 0.890. The van der Waals surface area contributed by atoms with Gasteiger partial charge in [0.1, 0.15) is 10.3 Å². The van der Waals surface area contributed by atoms with Crippen LogP contribution in [-0.4, -0.2) is 35.4 Å². The molecule has 0 saturated carbocycles. The smallest absolute Gasteiger partial charge is 0.229 e. The predicted octanol–water partition coefficient (Wildman–Crippen LogP) is 0.538. The topological polar surface area (TPSA) is 98.4 Å². The van der Waals surface area contributed by atoms with Crippen molar-refractivity contribution in [3.05, 3.63) is 12.1 Å². The number of carbonyl (C=O) groups excluding carboxylic acids is 2. The summed E-state index contributed by atoms with van der Waals surface area (Å²) in [6.45, 7) is 0.283. The molecule has 1 unspecified atom stereocenters. The van der Waals surface area contributed by atoms with E-state index in [1.165, 1.54) is 23.3 Å². The van der Waals surface area contributed by atoms with E-state index in [9.17, 15) is 9.59 Å². The van der Waals surface area contributed by atoms with E-state index in [1.54, 1.807) is 12.1 Å². The summed E-state index contributed by atoms with van der Waals surface area (Å²) in [5.74, 6) is -0.547. The van der Waals surface area contributed by atoms with Gasteiger partial charge in [-0.2, -0.15) is 0 Å². The molecule has 1 saturated heterocycles. The van der Waals surface area contributed by atoms with Gasteiger partial charge >= 0.3 is 0 Å². The Labute approximate surface area is 118 Å². The van der Waals surface area contributed by atoms with Crippen molar-refractivity contribution in [2.24, 2.45) is 11.7 Å². The van der Waals surface area contributed by atoms with Crippen LogP contribution in [0.5, 0.6) is 5.88 Å². The van der Waals surface area contributed by atoms with Gasteiger partial charge in [0.25, 0.3) is 0 Å². The van der Waals surface area contributed by atoms with Crippen LogP contribution in [0.15, 0.2) is 12.1 Å². The lowest BCUT2D eigenvalue weighted by Crippen LogP contribution is -2.28. The number of anilines is 1. The molecule has 0 radical (unpaired) electrons. The fourth-order valence-corrected chi connectivity index (χ4v) is 3.06. The van der Waals surface area contributed by atoms with Crippen LogP contribution in [0.1, 0.15) is 6.42 Å². The van der Waals surface area contributed by atoms with Gasteiger partial charge in [0.05, 0.1) is 13.0 Å². The summed E-state index contributed by atoms with van der Waals surface area (Å²) in [5.41, 5.74) is 5.95. The van der Waals surface area contributed by atoms with Gasteiger partial charge in [0, 0.05) is 19.0 Å². The number of nitrogens with two attached hydrogens (primary N) is 1. The molecule has 3 rings (SSSR count). The molecular weight excluding hydrogens is 280 g/mol. The average Bonchev–Trinajstić information content (AvgIpc) is 3.00. The van der Waals surface area contributed by atoms with E-state index < -0.39 is 11.8 Å². The Hall–Kier alpha value is -2.22. The first-order valence-electron chi connectivity index (χ1n) is 5.99. The Morgan fingerprint density at radius 2 is 2.30 bits per heavy atom. The number of ether oxygens (including phenoxy) is 1. The van der Waals surface area contributed by atoms with Crippen molar-refractivity contribution in [1.82, 2.24) is 9.97 Å². The number of nitrogens with zero attached hydrogens (tertiary/aromatic N) is 3. The summed E-state index contributed by atoms with van der Waals surface area (Å²) < 4.78 is 5.05. The first-order valence-corrected chi connectivity index (χ1v) is 6.81. The number of hydrogen-bond acceptors (Lipinski definition) is 6. The monoisotopic (exact) mass is 292 g/mol. The highest BCUT2D eigenvalue weighted by Gasteiger charge is 2.35. The van der Waals surface area contributed by atoms with Gasteiger partial charge < -0.3 is 10.5 Å².